The number of hydrogen-bond donors (Lipinski definition) is 1. The summed E-state index contributed by atoms with van der Waals surface area (Å²) >= 11 is 2.20. The molecule has 0 aliphatic heterocycles. The topological polar surface area (TPSA) is 64.7 Å². The summed E-state index contributed by atoms with van der Waals surface area (Å²) in [4.78, 5) is 13.2. The summed E-state index contributed by atoms with van der Waals surface area (Å²) in [5.74, 6) is 1.63. The monoisotopic (exact) mass is 354 g/mol. The maximum Gasteiger partial charge on any atom is 0.140 e. The molecule has 0 saturated carbocycles. The van der Waals surface area contributed by atoms with E-state index in [-0.39, 0.29) is 0 Å². The van der Waals surface area contributed by atoms with Gasteiger partial charge in [-0.05, 0) is 40.6 Å². The van der Waals surface area contributed by atoms with Gasteiger partial charge in [0.25, 0.3) is 0 Å². The SMILES string of the molecule is CC(C)c1nc(Cc2ccccn2)nc(N)c1I. The van der Waals surface area contributed by atoms with Gasteiger partial charge in [0.15, 0.2) is 0 Å². The first-order valence-corrected chi connectivity index (χ1v) is 6.87. The number of anilines is 1. The lowest BCUT2D eigenvalue weighted by molar-refractivity contribution is 0.782. The third kappa shape index (κ3) is 2.95. The van der Waals surface area contributed by atoms with Gasteiger partial charge in [-0.15, -0.1) is 0 Å². The van der Waals surface area contributed by atoms with E-state index < -0.39 is 0 Å². The second-order valence-electron chi connectivity index (χ2n) is 4.38. The van der Waals surface area contributed by atoms with E-state index in [0.29, 0.717) is 18.2 Å². The third-order valence-electron chi connectivity index (χ3n) is 2.56. The molecule has 2 rings (SSSR count). The highest BCUT2D eigenvalue weighted by atomic mass is 127. The van der Waals surface area contributed by atoms with Gasteiger partial charge in [-0.1, -0.05) is 19.9 Å². The van der Waals surface area contributed by atoms with Crippen LogP contribution in [0.15, 0.2) is 24.4 Å². The molecule has 0 spiro atoms. The minimum atomic E-state index is 0.338. The molecule has 0 aromatic carbocycles. The maximum absolute atomic E-state index is 5.93. The van der Waals surface area contributed by atoms with E-state index in [1.165, 1.54) is 0 Å². The van der Waals surface area contributed by atoms with Crippen molar-refractivity contribution in [1.82, 2.24) is 15.0 Å². The fourth-order valence-electron chi connectivity index (χ4n) is 1.66. The van der Waals surface area contributed by atoms with Crippen LogP contribution in [-0.2, 0) is 6.42 Å². The molecule has 0 fully saturated rings. The molecule has 0 unspecified atom stereocenters. The minimum Gasteiger partial charge on any atom is -0.383 e. The Balaban J connectivity index is 2.35. The van der Waals surface area contributed by atoms with Gasteiger partial charge >= 0.3 is 0 Å². The summed E-state index contributed by atoms with van der Waals surface area (Å²) in [6.45, 7) is 4.21. The number of rotatable bonds is 3. The summed E-state index contributed by atoms with van der Waals surface area (Å²) in [6, 6.07) is 5.82. The molecule has 0 bridgehead atoms. The highest BCUT2D eigenvalue weighted by molar-refractivity contribution is 14.1. The number of aromatic nitrogens is 3. The summed E-state index contributed by atoms with van der Waals surface area (Å²) < 4.78 is 0.951. The van der Waals surface area contributed by atoms with E-state index in [0.717, 1.165) is 20.8 Å². The van der Waals surface area contributed by atoms with Gasteiger partial charge in [0.05, 0.1) is 15.7 Å². The molecule has 2 aromatic rings. The standard InChI is InChI=1S/C13H15IN4/c1-8(2)12-11(14)13(15)18-10(17-12)7-9-5-3-4-6-16-9/h3-6,8H,7H2,1-2H3,(H2,15,17,18). The van der Waals surface area contributed by atoms with Crippen LogP contribution < -0.4 is 5.73 Å². The number of nitrogens with zero attached hydrogens (tertiary/aromatic N) is 3. The fraction of sp³-hybridized carbons (Fsp3) is 0.308. The summed E-state index contributed by atoms with van der Waals surface area (Å²) in [5, 5.41) is 0. The van der Waals surface area contributed by atoms with E-state index in [2.05, 4.69) is 51.4 Å². The lowest BCUT2D eigenvalue weighted by Gasteiger charge is -2.11. The highest BCUT2D eigenvalue weighted by Crippen LogP contribution is 2.23. The van der Waals surface area contributed by atoms with Gasteiger partial charge in [0, 0.05) is 11.9 Å². The van der Waals surface area contributed by atoms with Crippen LogP contribution in [0.25, 0.3) is 0 Å². The van der Waals surface area contributed by atoms with E-state index in [4.69, 9.17) is 5.73 Å². The first-order valence-electron chi connectivity index (χ1n) is 5.79. The number of halogens is 1. The quantitative estimate of drug-likeness (QED) is 0.861. The Morgan fingerprint density at radius 1 is 1.28 bits per heavy atom. The average molecular weight is 354 g/mol. The molecule has 0 amide bonds. The van der Waals surface area contributed by atoms with Gasteiger partial charge in [-0.2, -0.15) is 0 Å². The van der Waals surface area contributed by atoms with Crippen molar-refractivity contribution in [3.8, 4) is 0 Å². The molecule has 0 saturated heterocycles. The highest BCUT2D eigenvalue weighted by Gasteiger charge is 2.13. The third-order valence-corrected chi connectivity index (χ3v) is 3.67. The van der Waals surface area contributed by atoms with Crippen LogP contribution in [0, 0.1) is 3.57 Å². The van der Waals surface area contributed by atoms with Gasteiger partial charge in [-0.3, -0.25) is 4.98 Å². The second-order valence-corrected chi connectivity index (χ2v) is 5.46. The summed E-state index contributed by atoms with van der Waals surface area (Å²) in [6.07, 6.45) is 2.39. The van der Waals surface area contributed by atoms with Gasteiger partial charge in [0.2, 0.25) is 0 Å². The van der Waals surface area contributed by atoms with Crippen molar-refractivity contribution < 1.29 is 0 Å². The smallest absolute Gasteiger partial charge is 0.140 e. The van der Waals surface area contributed by atoms with E-state index in [9.17, 15) is 0 Å². The number of hydrogen-bond acceptors (Lipinski definition) is 4. The van der Waals surface area contributed by atoms with E-state index in [1.54, 1.807) is 6.20 Å². The van der Waals surface area contributed by atoms with E-state index in [1.807, 2.05) is 18.2 Å². The van der Waals surface area contributed by atoms with Crippen molar-refractivity contribution in [2.45, 2.75) is 26.2 Å². The van der Waals surface area contributed by atoms with Crippen LogP contribution in [-0.4, -0.2) is 15.0 Å². The Labute approximate surface area is 120 Å². The Morgan fingerprint density at radius 2 is 2.06 bits per heavy atom. The molecule has 18 heavy (non-hydrogen) atoms. The lowest BCUT2D eigenvalue weighted by atomic mass is 10.1. The molecule has 2 N–H and O–H groups in total. The average Bonchev–Trinajstić information content (AvgIpc) is 2.34. The lowest BCUT2D eigenvalue weighted by Crippen LogP contribution is -2.09. The molecule has 0 radical (unpaired) electrons. The van der Waals surface area contributed by atoms with Crippen molar-refractivity contribution in [3.63, 3.8) is 0 Å². The van der Waals surface area contributed by atoms with Crippen molar-refractivity contribution in [3.05, 3.63) is 45.2 Å². The zero-order valence-electron chi connectivity index (χ0n) is 10.4. The van der Waals surface area contributed by atoms with E-state index >= 15 is 0 Å². The molecule has 0 aliphatic carbocycles. The maximum atomic E-state index is 5.93. The van der Waals surface area contributed by atoms with Crippen LogP contribution in [0.2, 0.25) is 0 Å². The molecule has 2 heterocycles. The van der Waals surface area contributed by atoms with Gasteiger partial charge in [-0.25, -0.2) is 9.97 Å². The predicted octanol–water partition coefficient (Wildman–Crippen LogP) is 2.77. The van der Waals surface area contributed by atoms with Crippen LogP contribution in [0.5, 0.6) is 0 Å². The molecular weight excluding hydrogens is 339 g/mol. The number of nitrogen functional groups attached to an aromatic ring is 1. The molecule has 0 aliphatic rings. The van der Waals surface area contributed by atoms with Crippen molar-refractivity contribution in [1.29, 1.82) is 0 Å². The van der Waals surface area contributed by atoms with Gasteiger partial charge in [0.1, 0.15) is 11.6 Å². The van der Waals surface area contributed by atoms with Gasteiger partial charge < -0.3 is 5.73 Å². The van der Waals surface area contributed by atoms with Crippen LogP contribution >= 0.6 is 22.6 Å². The van der Waals surface area contributed by atoms with Crippen LogP contribution in [0.4, 0.5) is 5.82 Å². The fourth-order valence-corrected chi connectivity index (χ4v) is 2.52. The summed E-state index contributed by atoms with van der Waals surface area (Å²) in [5.41, 5.74) is 7.89. The molecule has 94 valence electrons. The molecule has 2 aromatic heterocycles. The number of nitrogens with two attached hydrogens (primary N) is 1. The first kappa shape index (κ1) is 13.2. The zero-order valence-corrected chi connectivity index (χ0v) is 12.5. The Bertz CT molecular complexity index is 540. The Hall–Kier alpha value is -1.24. The second kappa shape index (κ2) is 5.60. The first-order chi connectivity index (χ1) is 8.58. The molecular formula is C13H15IN4. The zero-order chi connectivity index (χ0) is 13.1. The Morgan fingerprint density at radius 3 is 2.67 bits per heavy atom. The minimum absolute atomic E-state index is 0.338. The van der Waals surface area contributed by atoms with Crippen molar-refractivity contribution >= 4 is 28.4 Å². The number of pyridine rings is 1. The molecule has 0 atom stereocenters. The van der Waals surface area contributed by atoms with Crippen molar-refractivity contribution in [2.24, 2.45) is 0 Å². The molecule has 4 nitrogen and oxygen atoms in total. The predicted molar refractivity (Wildman–Crippen MR) is 80.3 cm³/mol. The van der Waals surface area contributed by atoms with Crippen molar-refractivity contribution in [2.75, 3.05) is 5.73 Å². The largest absolute Gasteiger partial charge is 0.383 e. The Kier molecular flexibility index (Phi) is 4.11. The molecule has 5 heteroatoms. The van der Waals surface area contributed by atoms with Crippen LogP contribution in [0.3, 0.4) is 0 Å². The summed E-state index contributed by atoms with van der Waals surface area (Å²) in [7, 11) is 0. The van der Waals surface area contributed by atoms with Crippen LogP contribution in [0.1, 0.15) is 37.0 Å². The normalized spacial score (nSPS) is 10.9.